The summed E-state index contributed by atoms with van der Waals surface area (Å²) in [5.41, 5.74) is -1.67. The number of aliphatic hydroxyl groups is 11. The summed E-state index contributed by atoms with van der Waals surface area (Å²) >= 11 is 0. The van der Waals surface area contributed by atoms with E-state index in [1.165, 1.54) is 13.0 Å². The molecule has 0 saturated carbocycles. The molecule has 3 saturated heterocycles. The molecule has 0 aliphatic carbocycles. The number of rotatable bonds is 9. The number of hydrogen-bond acceptors (Lipinski definition) is 21. The van der Waals surface area contributed by atoms with Gasteiger partial charge in [-0.25, -0.2) is 0 Å². The molecule has 3 aliphatic rings. The van der Waals surface area contributed by atoms with E-state index in [-0.39, 0.29) is 17.1 Å². The van der Waals surface area contributed by atoms with Crippen LogP contribution in [0.3, 0.4) is 0 Å². The van der Waals surface area contributed by atoms with Crippen molar-refractivity contribution in [3.63, 3.8) is 0 Å². The molecule has 4 heterocycles. The van der Waals surface area contributed by atoms with Crippen molar-refractivity contribution in [1.29, 1.82) is 0 Å². The van der Waals surface area contributed by atoms with Crippen LogP contribution in [0.25, 0.3) is 22.3 Å². The van der Waals surface area contributed by atoms with Crippen LogP contribution in [-0.4, -0.2) is 172 Å². The van der Waals surface area contributed by atoms with E-state index in [0.717, 1.165) is 24.3 Å². The third kappa shape index (κ3) is 7.27. The molecule has 1 aromatic heterocycles. The summed E-state index contributed by atoms with van der Waals surface area (Å²) in [6, 6.07) is 5.31. The van der Waals surface area contributed by atoms with Gasteiger partial charge in [-0.15, -0.1) is 0 Å². The minimum absolute atomic E-state index is 0.157. The number of ether oxygens (including phenoxy) is 6. The number of hydrogen-bond donors (Lipinski definition) is 13. The molecule has 3 aromatic rings. The summed E-state index contributed by atoms with van der Waals surface area (Å²) in [6.07, 6.45) is -24.9. The van der Waals surface area contributed by atoms with Gasteiger partial charge in [0.15, 0.2) is 17.3 Å². The molecule has 54 heavy (non-hydrogen) atoms. The Labute approximate surface area is 303 Å². The topological polar surface area (TPSA) is 349 Å². The average Bonchev–Trinajstić information content (AvgIpc) is 3.14. The molecule has 3 aliphatic heterocycles. The highest BCUT2D eigenvalue weighted by Crippen LogP contribution is 2.41. The summed E-state index contributed by atoms with van der Waals surface area (Å²) < 4.78 is 39.0. The minimum Gasteiger partial charge on any atom is -0.507 e. The highest BCUT2D eigenvalue weighted by molar-refractivity contribution is 5.88. The summed E-state index contributed by atoms with van der Waals surface area (Å²) in [6.45, 7) is -0.188. The lowest BCUT2D eigenvalue weighted by molar-refractivity contribution is -0.277. The molecule has 298 valence electrons. The lowest BCUT2D eigenvalue weighted by Crippen LogP contribution is -2.60. The Morgan fingerprint density at radius 2 is 1.15 bits per heavy atom. The fourth-order valence-corrected chi connectivity index (χ4v) is 6.20. The fraction of sp³-hybridized carbons (Fsp3) is 0.545. The zero-order valence-electron chi connectivity index (χ0n) is 28.0. The van der Waals surface area contributed by atoms with E-state index in [0.29, 0.717) is 0 Å². The van der Waals surface area contributed by atoms with Crippen LogP contribution < -0.4 is 19.6 Å². The first-order chi connectivity index (χ1) is 25.6. The van der Waals surface area contributed by atoms with Crippen LogP contribution in [0.1, 0.15) is 6.92 Å². The molecule has 0 spiro atoms. The van der Waals surface area contributed by atoms with E-state index >= 15 is 0 Å². The molecule has 21 heteroatoms. The Balaban J connectivity index is 1.41. The smallest absolute Gasteiger partial charge is 0.239 e. The zero-order valence-corrected chi connectivity index (χ0v) is 28.0. The predicted molar refractivity (Wildman–Crippen MR) is 173 cm³/mol. The van der Waals surface area contributed by atoms with Gasteiger partial charge in [-0.1, -0.05) is 0 Å². The van der Waals surface area contributed by atoms with Gasteiger partial charge >= 0.3 is 0 Å². The number of fused-ring (bicyclic) bond motifs is 1. The van der Waals surface area contributed by atoms with Crippen molar-refractivity contribution in [2.24, 2.45) is 0 Å². The van der Waals surface area contributed by atoms with Crippen molar-refractivity contribution in [2.45, 2.75) is 99.0 Å². The third-order valence-electron chi connectivity index (χ3n) is 9.36. The maximum atomic E-state index is 14.1. The standard InChI is InChI=1S/C33H40O21/c1-9-19(38)23(42)26(45)31(48-9)49-11-5-13(37)18-15(6-11)50-29(30(22(18)41)54-33-28(47)25(44)21(40)17(8-35)53-33)10-2-3-14(12(36)4-10)51-32-27(46)24(43)20(39)16(7-34)52-32/h2-6,9,16-17,19-21,23-28,31-40,42-47H,7-8H2,1H3/t9-,16-,17-,19-,20-,21-,23+,24+,25+,26-,27-,28-,31-,32-,33+/m1/s1. The molecule has 21 nitrogen and oxygen atoms in total. The molecule has 0 amide bonds. The van der Waals surface area contributed by atoms with Gasteiger partial charge in [-0.2, -0.15) is 0 Å². The van der Waals surface area contributed by atoms with Crippen LogP contribution >= 0.6 is 0 Å². The van der Waals surface area contributed by atoms with Crippen LogP contribution in [-0.2, 0) is 14.2 Å². The molecule has 0 bridgehead atoms. The summed E-state index contributed by atoms with van der Waals surface area (Å²) in [7, 11) is 0. The largest absolute Gasteiger partial charge is 0.507 e. The number of benzene rings is 2. The van der Waals surface area contributed by atoms with Crippen LogP contribution in [0.15, 0.2) is 39.5 Å². The Bertz CT molecular complexity index is 1850. The highest BCUT2D eigenvalue weighted by Gasteiger charge is 2.47. The monoisotopic (exact) mass is 772 g/mol. The lowest BCUT2D eigenvalue weighted by Gasteiger charge is -2.39. The maximum Gasteiger partial charge on any atom is 0.239 e. The van der Waals surface area contributed by atoms with Crippen molar-refractivity contribution in [2.75, 3.05) is 13.2 Å². The van der Waals surface area contributed by atoms with Crippen molar-refractivity contribution >= 4 is 11.0 Å². The van der Waals surface area contributed by atoms with Crippen molar-refractivity contribution < 1.29 is 99.2 Å². The van der Waals surface area contributed by atoms with Gasteiger partial charge < -0.3 is 99.2 Å². The first-order valence-corrected chi connectivity index (χ1v) is 16.5. The highest BCUT2D eigenvalue weighted by atomic mass is 16.7. The second-order valence-corrected chi connectivity index (χ2v) is 13.0. The van der Waals surface area contributed by atoms with Crippen molar-refractivity contribution in [1.82, 2.24) is 0 Å². The Morgan fingerprint density at radius 1 is 0.611 bits per heavy atom. The van der Waals surface area contributed by atoms with Gasteiger partial charge in [0.1, 0.15) is 89.6 Å². The van der Waals surface area contributed by atoms with E-state index in [9.17, 15) is 71.2 Å². The Morgan fingerprint density at radius 3 is 1.70 bits per heavy atom. The number of aromatic hydroxyl groups is 2. The van der Waals surface area contributed by atoms with Gasteiger partial charge in [-0.3, -0.25) is 4.79 Å². The zero-order chi connectivity index (χ0) is 39.3. The molecule has 0 radical (unpaired) electrons. The van der Waals surface area contributed by atoms with Crippen molar-refractivity contribution in [3.05, 3.63) is 40.6 Å². The summed E-state index contributed by atoms with van der Waals surface area (Å²) in [5, 5.41) is 133. The molecule has 0 unspecified atom stereocenters. The van der Waals surface area contributed by atoms with Gasteiger partial charge in [0.25, 0.3) is 0 Å². The van der Waals surface area contributed by atoms with E-state index < -0.39 is 145 Å². The molecular formula is C33H40O21. The van der Waals surface area contributed by atoms with Crippen molar-refractivity contribution in [3.8, 4) is 40.1 Å². The second kappa shape index (κ2) is 15.7. The number of aliphatic hydroxyl groups excluding tert-OH is 11. The van der Waals surface area contributed by atoms with Crippen LogP contribution in [0.5, 0.6) is 28.7 Å². The lowest BCUT2D eigenvalue weighted by atomic mass is 9.99. The molecule has 6 rings (SSSR count). The third-order valence-corrected chi connectivity index (χ3v) is 9.36. The van der Waals surface area contributed by atoms with Crippen LogP contribution in [0.2, 0.25) is 0 Å². The predicted octanol–water partition coefficient (Wildman–Crippen LogP) is -4.57. The van der Waals surface area contributed by atoms with E-state index in [2.05, 4.69) is 0 Å². The Kier molecular flexibility index (Phi) is 11.5. The van der Waals surface area contributed by atoms with Gasteiger partial charge in [0.05, 0.1) is 19.3 Å². The van der Waals surface area contributed by atoms with E-state index in [1.54, 1.807) is 0 Å². The number of phenolic OH excluding ortho intramolecular Hbond substituents is 2. The van der Waals surface area contributed by atoms with Gasteiger partial charge in [-0.05, 0) is 25.1 Å². The summed E-state index contributed by atoms with van der Waals surface area (Å²) in [5.74, 6) is -3.39. The maximum absolute atomic E-state index is 14.1. The quantitative estimate of drug-likeness (QED) is 0.0973. The molecule has 3 fully saturated rings. The normalized spacial score (nSPS) is 37.2. The van der Waals surface area contributed by atoms with Gasteiger partial charge in [0, 0.05) is 17.7 Å². The molecule has 15 atom stereocenters. The van der Waals surface area contributed by atoms with Crippen LogP contribution in [0.4, 0.5) is 0 Å². The number of phenols is 2. The molecule has 13 N–H and O–H groups in total. The first kappa shape index (κ1) is 39.8. The second-order valence-electron chi connectivity index (χ2n) is 13.0. The van der Waals surface area contributed by atoms with E-state index in [4.69, 9.17) is 32.8 Å². The van der Waals surface area contributed by atoms with Gasteiger partial charge in [0.2, 0.25) is 30.0 Å². The first-order valence-electron chi connectivity index (χ1n) is 16.5. The Hall–Kier alpha value is -3.91. The SMILES string of the molecule is C[C@H]1O[C@H](Oc2cc(O)c3c(=O)c(O[C@@H]4O[C@H](CO)[C@@H](O)[C@H](O)[C@H]4O)c(-c4ccc(O[C@@H]5O[C@H](CO)[C@@H](O)[C@H](O)[C@H]5O)c(O)c4)oc3c2)[C@H](O)[C@@H](O)[C@@H]1O. The molecular weight excluding hydrogens is 732 g/mol. The minimum atomic E-state index is -2.00. The molecule has 2 aromatic carbocycles. The van der Waals surface area contributed by atoms with Crippen LogP contribution in [0, 0.1) is 0 Å². The van der Waals surface area contributed by atoms with E-state index in [1.807, 2.05) is 0 Å². The fourth-order valence-electron chi connectivity index (χ4n) is 6.20. The average molecular weight is 773 g/mol. The summed E-state index contributed by atoms with van der Waals surface area (Å²) in [4.78, 5) is 14.1.